The number of nitrogens with one attached hydrogen (secondary N) is 3. The summed E-state index contributed by atoms with van der Waals surface area (Å²) in [5.74, 6) is -0.226. The van der Waals surface area contributed by atoms with Crippen LogP contribution in [-0.2, 0) is 38.2 Å². The zero-order chi connectivity index (χ0) is 32.9. The van der Waals surface area contributed by atoms with Gasteiger partial charge in [-0.1, -0.05) is 34.1 Å². The predicted molar refractivity (Wildman–Crippen MR) is 167 cm³/mol. The van der Waals surface area contributed by atoms with E-state index in [9.17, 15) is 24.0 Å². The number of rotatable bonds is 24. The van der Waals surface area contributed by atoms with Gasteiger partial charge in [-0.05, 0) is 39.0 Å². The van der Waals surface area contributed by atoms with Gasteiger partial charge in [-0.2, -0.15) is 0 Å². The predicted octanol–water partition coefficient (Wildman–Crippen LogP) is 3.05. The number of hydrogen-bond acceptors (Lipinski definition) is 8. The highest BCUT2D eigenvalue weighted by molar-refractivity contribution is 5.78. The number of nitrogens with two attached hydrogens (primary N) is 1. The molecule has 0 rings (SSSR count). The molecule has 0 aromatic carbocycles. The first kappa shape index (κ1) is 46.4. The van der Waals surface area contributed by atoms with Crippen LogP contribution >= 0.6 is 0 Å². The van der Waals surface area contributed by atoms with E-state index in [4.69, 9.17) is 14.2 Å². The normalized spacial score (nSPS) is 9.50. The quantitative estimate of drug-likeness (QED) is 0.121. The molecule has 42 heavy (non-hydrogen) atoms. The fourth-order valence-corrected chi connectivity index (χ4v) is 2.87. The Morgan fingerprint density at radius 1 is 0.500 bits per heavy atom. The smallest absolute Gasteiger partial charge is 0.220 e. The maximum atomic E-state index is 11.7. The van der Waals surface area contributed by atoms with Gasteiger partial charge in [0.1, 0.15) is 5.78 Å². The van der Waals surface area contributed by atoms with Gasteiger partial charge in [0.25, 0.3) is 0 Å². The minimum Gasteiger partial charge on any atom is -0.379 e. The van der Waals surface area contributed by atoms with Gasteiger partial charge >= 0.3 is 0 Å². The largest absolute Gasteiger partial charge is 0.379 e. The average molecular weight is 607 g/mol. The van der Waals surface area contributed by atoms with Crippen molar-refractivity contribution in [3.05, 3.63) is 0 Å². The Balaban J connectivity index is -0.000000808. The van der Waals surface area contributed by atoms with Crippen LogP contribution in [0.3, 0.4) is 0 Å². The first-order chi connectivity index (χ1) is 20.1. The molecule has 12 nitrogen and oxygen atoms in total. The molecule has 0 radical (unpaired) electrons. The lowest BCUT2D eigenvalue weighted by atomic mass is 10.2. The van der Waals surface area contributed by atoms with E-state index in [0.717, 1.165) is 32.1 Å². The van der Waals surface area contributed by atoms with Crippen molar-refractivity contribution in [2.75, 3.05) is 59.3 Å². The van der Waals surface area contributed by atoms with Gasteiger partial charge < -0.3 is 40.7 Å². The molecule has 0 saturated carbocycles. The van der Waals surface area contributed by atoms with E-state index in [2.05, 4.69) is 21.7 Å². The number of Topliss-reactive ketones (excluding diaryl/α,β-unsaturated/α-hetero) is 1. The molecule has 0 aliphatic carbocycles. The van der Waals surface area contributed by atoms with Gasteiger partial charge in [-0.15, -0.1) is 0 Å². The van der Waals surface area contributed by atoms with Crippen LogP contribution < -0.4 is 21.7 Å². The Morgan fingerprint density at radius 3 is 1.29 bits per heavy atom. The number of ketones is 1. The van der Waals surface area contributed by atoms with Gasteiger partial charge in [-0.3, -0.25) is 19.2 Å². The van der Waals surface area contributed by atoms with Crippen LogP contribution in [0.2, 0.25) is 0 Å². The number of hydrogen-bond donors (Lipinski definition) is 4. The number of carbonyl (C=O) groups is 5. The molecule has 12 heteroatoms. The summed E-state index contributed by atoms with van der Waals surface area (Å²) in [6, 6.07) is 0. The lowest BCUT2D eigenvalue weighted by Gasteiger charge is -2.08. The third kappa shape index (κ3) is 53.6. The van der Waals surface area contributed by atoms with Gasteiger partial charge in [0.05, 0.1) is 26.4 Å². The minimum atomic E-state index is -0.333. The van der Waals surface area contributed by atoms with Gasteiger partial charge in [-0.25, -0.2) is 0 Å². The first-order valence-corrected chi connectivity index (χ1v) is 15.4. The summed E-state index contributed by atoms with van der Waals surface area (Å²) >= 11 is 0. The molecule has 0 aromatic heterocycles. The van der Waals surface area contributed by atoms with Crippen LogP contribution in [-0.4, -0.2) is 88.7 Å². The topological polar surface area (TPSA) is 175 Å². The number of carbonyl (C=O) groups excluding carboxylic acids is 5. The third-order valence-electron chi connectivity index (χ3n) is 4.71. The second-order valence-corrected chi connectivity index (χ2v) is 8.70. The molecule has 0 atom stereocenters. The standard InChI is InChI=1S/C24H45N3O7.C2H5NO.2C2H6/c1-21(28)9-6-11-24(31)27-14-8-16-33-18-20-34-19-17-32-15-7-13-26-23(30)10-4-3-5-12-25-22(2)29;1-2(3)4;2*1-2/h3-20H2,1-2H3,(H,25,29)(H,26,30)(H,27,31);1H3,(H2,3,4);2*1-2H3. The SMILES string of the molecule is CC.CC.CC(=O)CCCC(=O)NCCCOCCOCCOCCCNC(=O)CCCCCNC(C)=O.CC(N)=O. The molecule has 0 fully saturated rings. The molecular formula is C30H62N4O8. The zero-order valence-electron chi connectivity index (χ0n) is 27.6. The lowest BCUT2D eigenvalue weighted by molar-refractivity contribution is -0.122. The third-order valence-corrected chi connectivity index (χ3v) is 4.71. The van der Waals surface area contributed by atoms with Crippen molar-refractivity contribution >= 4 is 29.4 Å². The van der Waals surface area contributed by atoms with Crippen LogP contribution in [0.5, 0.6) is 0 Å². The van der Waals surface area contributed by atoms with Crippen molar-refractivity contribution in [2.24, 2.45) is 5.73 Å². The van der Waals surface area contributed by atoms with E-state index in [1.165, 1.54) is 20.8 Å². The fourth-order valence-electron chi connectivity index (χ4n) is 2.87. The van der Waals surface area contributed by atoms with Crippen LogP contribution in [0.25, 0.3) is 0 Å². The Hall–Kier alpha value is -2.57. The van der Waals surface area contributed by atoms with E-state index in [0.29, 0.717) is 85.0 Å². The molecule has 0 saturated heterocycles. The van der Waals surface area contributed by atoms with Gasteiger partial charge in [0.15, 0.2) is 0 Å². The van der Waals surface area contributed by atoms with Crippen LogP contribution in [0.4, 0.5) is 0 Å². The first-order valence-electron chi connectivity index (χ1n) is 15.4. The van der Waals surface area contributed by atoms with Crippen molar-refractivity contribution in [1.29, 1.82) is 0 Å². The zero-order valence-corrected chi connectivity index (χ0v) is 27.6. The van der Waals surface area contributed by atoms with E-state index >= 15 is 0 Å². The van der Waals surface area contributed by atoms with Crippen LogP contribution in [0, 0.1) is 0 Å². The second kappa shape index (κ2) is 40.6. The molecule has 0 spiro atoms. The van der Waals surface area contributed by atoms with E-state index in [1.54, 1.807) is 0 Å². The summed E-state index contributed by atoms with van der Waals surface area (Å²) in [6.45, 7) is 17.2. The van der Waals surface area contributed by atoms with E-state index in [-0.39, 0.29) is 29.4 Å². The summed E-state index contributed by atoms with van der Waals surface area (Å²) in [7, 11) is 0. The molecule has 0 unspecified atom stereocenters. The monoisotopic (exact) mass is 606 g/mol. The Labute approximate surface area is 254 Å². The minimum absolute atomic E-state index is 0.0220. The molecule has 0 aliphatic rings. The summed E-state index contributed by atoms with van der Waals surface area (Å²) in [4.78, 5) is 54.0. The summed E-state index contributed by atoms with van der Waals surface area (Å²) in [6.07, 6.45) is 6.05. The molecule has 5 N–H and O–H groups in total. The van der Waals surface area contributed by atoms with Crippen LogP contribution in [0.15, 0.2) is 0 Å². The van der Waals surface area contributed by atoms with Crippen molar-refractivity contribution in [1.82, 2.24) is 16.0 Å². The Bertz CT molecular complexity index is 645. The van der Waals surface area contributed by atoms with Crippen molar-refractivity contribution < 1.29 is 38.2 Å². The highest BCUT2D eigenvalue weighted by Crippen LogP contribution is 1.99. The Morgan fingerprint density at radius 2 is 0.881 bits per heavy atom. The van der Waals surface area contributed by atoms with Crippen molar-refractivity contribution in [2.45, 2.75) is 106 Å². The van der Waals surface area contributed by atoms with Crippen LogP contribution in [0.1, 0.15) is 106 Å². The Kier molecular flexibility index (Phi) is 44.8. The number of unbranched alkanes of at least 4 members (excludes halogenated alkanes) is 2. The molecule has 250 valence electrons. The molecule has 0 aromatic rings. The molecule has 4 amide bonds. The number of primary amides is 1. The number of ether oxygens (including phenoxy) is 3. The molecular weight excluding hydrogens is 544 g/mol. The maximum absolute atomic E-state index is 11.7. The van der Waals surface area contributed by atoms with Gasteiger partial charge in [0, 0.05) is 66.0 Å². The second-order valence-electron chi connectivity index (χ2n) is 8.70. The molecule has 0 aliphatic heterocycles. The van der Waals surface area contributed by atoms with Gasteiger partial charge in [0.2, 0.25) is 23.6 Å². The number of amides is 4. The average Bonchev–Trinajstić information content (AvgIpc) is 2.94. The summed E-state index contributed by atoms with van der Waals surface area (Å²) < 4.78 is 16.4. The molecule has 0 heterocycles. The lowest BCUT2D eigenvalue weighted by Crippen LogP contribution is -2.25. The van der Waals surface area contributed by atoms with Crippen molar-refractivity contribution in [3.8, 4) is 0 Å². The van der Waals surface area contributed by atoms with E-state index in [1.807, 2.05) is 27.7 Å². The highest BCUT2D eigenvalue weighted by atomic mass is 16.5. The summed E-state index contributed by atoms with van der Waals surface area (Å²) in [5, 5.41) is 8.43. The highest BCUT2D eigenvalue weighted by Gasteiger charge is 2.02. The molecule has 0 bridgehead atoms. The van der Waals surface area contributed by atoms with E-state index < -0.39 is 0 Å². The fraction of sp³-hybridized carbons (Fsp3) is 0.833. The summed E-state index contributed by atoms with van der Waals surface area (Å²) in [5.41, 5.74) is 4.47. The van der Waals surface area contributed by atoms with Crippen molar-refractivity contribution in [3.63, 3.8) is 0 Å². The maximum Gasteiger partial charge on any atom is 0.220 e.